The molecule has 0 heterocycles. The number of hydrogen-bond donors (Lipinski definition) is 2. The number of fused-ring (bicyclic) bond motifs is 3. The van der Waals surface area contributed by atoms with Crippen molar-refractivity contribution in [3.8, 4) is 11.1 Å². The number of carbonyl (C=O) groups excluding carboxylic acids is 2. The topological polar surface area (TPSA) is 95.9 Å². The second kappa shape index (κ2) is 11.7. The van der Waals surface area contributed by atoms with Crippen LogP contribution >= 0.6 is 0 Å². The van der Waals surface area contributed by atoms with Gasteiger partial charge in [-0.05, 0) is 40.2 Å². The van der Waals surface area contributed by atoms with E-state index in [0.717, 1.165) is 27.8 Å². The number of alkyl carbamates (subject to hydrolysis) is 1. The van der Waals surface area contributed by atoms with E-state index in [1.165, 1.54) is 4.90 Å². The Labute approximate surface area is 229 Å². The number of nitrogens with one attached hydrogen (secondary N) is 1. The van der Waals surface area contributed by atoms with Gasteiger partial charge in [-0.25, -0.2) is 4.79 Å². The van der Waals surface area contributed by atoms with Crippen LogP contribution in [0.4, 0.5) is 4.79 Å². The molecule has 39 heavy (non-hydrogen) atoms. The van der Waals surface area contributed by atoms with E-state index in [1.54, 1.807) is 0 Å². The van der Waals surface area contributed by atoms with Gasteiger partial charge in [0, 0.05) is 12.5 Å². The molecule has 204 valence electrons. The van der Waals surface area contributed by atoms with Crippen molar-refractivity contribution >= 4 is 18.0 Å². The second-order valence-corrected chi connectivity index (χ2v) is 11.0. The molecule has 2 atom stereocenters. The van der Waals surface area contributed by atoms with E-state index in [2.05, 4.69) is 17.4 Å². The molecule has 1 aliphatic carbocycles. The Balaban J connectivity index is 1.51. The highest BCUT2D eigenvalue weighted by Crippen LogP contribution is 2.44. The molecular formula is C32H36N2O5. The average Bonchev–Trinajstić information content (AvgIpc) is 3.23. The zero-order valence-electron chi connectivity index (χ0n) is 22.9. The molecule has 0 bridgehead atoms. The summed E-state index contributed by atoms with van der Waals surface area (Å²) in [7, 11) is 0. The Morgan fingerprint density at radius 2 is 1.44 bits per heavy atom. The number of hydrogen-bond acceptors (Lipinski definition) is 4. The van der Waals surface area contributed by atoms with Crippen LogP contribution in [0, 0.1) is 5.41 Å². The van der Waals surface area contributed by atoms with Gasteiger partial charge in [-0.1, -0.05) is 99.6 Å². The van der Waals surface area contributed by atoms with Crippen molar-refractivity contribution in [2.45, 2.75) is 52.1 Å². The molecule has 0 saturated heterocycles. The summed E-state index contributed by atoms with van der Waals surface area (Å²) >= 11 is 0. The maximum Gasteiger partial charge on any atom is 0.407 e. The lowest BCUT2D eigenvalue weighted by Gasteiger charge is -2.37. The summed E-state index contributed by atoms with van der Waals surface area (Å²) in [4.78, 5) is 39.9. The summed E-state index contributed by atoms with van der Waals surface area (Å²) < 4.78 is 5.72. The second-order valence-electron chi connectivity index (χ2n) is 11.0. The molecule has 3 aromatic carbocycles. The third kappa shape index (κ3) is 6.30. The molecule has 4 rings (SSSR count). The van der Waals surface area contributed by atoms with E-state index in [4.69, 9.17) is 4.74 Å². The summed E-state index contributed by atoms with van der Waals surface area (Å²) in [5, 5.41) is 12.1. The third-order valence-corrected chi connectivity index (χ3v) is 7.32. The average molecular weight is 529 g/mol. The van der Waals surface area contributed by atoms with Gasteiger partial charge >= 0.3 is 12.1 Å². The molecule has 7 heteroatoms. The minimum Gasteiger partial charge on any atom is -0.481 e. The van der Waals surface area contributed by atoms with E-state index in [1.807, 2.05) is 94.4 Å². The fourth-order valence-corrected chi connectivity index (χ4v) is 5.19. The monoisotopic (exact) mass is 528 g/mol. The Kier molecular flexibility index (Phi) is 8.38. The molecule has 0 saturated carbocycles. The standard InChI is InChI=1S/C32H36N2O5/c1-21(22-12-6-5-7-13-22)34(19-18-28(35)36)30(37)29(32(2,3)4)33-31(38)39-20-27-25-16-10-8-14-23(25)24-15-9-11-17-26(24)27/h5-17,21,27,29H,18-20H2,1-4H3,(H,33,38)(H,35,36)/t21-,29+/m0/s1. The van der Waals surface area contributed by atoms with E-state index < -0.39 is 23.5 Å². The van der Waals surface area contributed by atoms with Crippen molar-refractivity contribution in [2.75, 3.05) is 13.2 Å². The first-order chi connectivity index (χ1) is 18.6. The molecule has 3 aromatic rings. The first-order valence-electron chi connectivity index (χ1n) is 13.3. The van der Waals surface area contributed by atoms with Crippen LogP contribution in [-0.4, -0.2) is 47.2 Å². The predicted molar refractivity (Wildman–Crippen MR) is 150 cm³/mol. The molecule has 0 aromatic heterocycles. The lowest BCUT2D eigenvalue weighted by atomic mass is 9.85. The molecule has 0 fully saturated rings. The summed E-state index contributed by atoms with van der Waals surface area (Å²) in [6.07, 6.45) is -0.888. The number of carboxylic acid groups (broad SMARTS) is 1. The van der Waals surface area contributed by atoms with Crippen molar-refractivity contribution < 1.29 is 24.2 Å². The number of nitrogens with zero attached hydrogens (tertiary/aromatic N) is 1. The molecule has 0 spiro atoms. The number of rotatable bonds is 9. The van der Waals surface area contributed by atoms with Crippen molar-refractivity contribution in [2.24, 2.45) is 5.41 Å². The smallest absolute Gasteiger partial charge is 0.407 e. The lowest BCUT2D eigenvalue weighted by molar-refractivity contribution is -0.141. The first kappa shape index (κ1) is 27.9. The van der Waals surface area contributed by atoms with Crippen LogP contribution in [0.1, 0.15) is 62.8 Å². The summed E-state index contributed by atoms with van der Waals surface area (Å²) in [6.45, 7) is 7.60. The molecule has 2 N–H and O–H groups in total. The predicted octanol–water partition coefficient (Wildman–Crippen LogP) is 6.00. The van der Waals surface area contributed by atoms with E-state index in [0.29, 0.717) is 0 Å². The maximum absolute atomic E-state index is 13.9. The fourth-order valence-electron chi connectivity index (χ4n) is 5.19. The molecule has 1 aliphatic rings. The van der Waals surface area contributed by atoms with Gasteiger partial charge < -0.3 is 20.1 Å². The van der Waals surface area contributed by atoms with Crippen molar-refractivity contribution in [1.82, 2.24) is 10.2 Å². The number of ether oxygens (including phenoxy) is 1. The lowest BCUT2D eigenvalue weighted by Crippen LogP contribution is -2.55. The molecule has 0 radical (unpaired) electrons. The van der Waals surface area contributed by atoms with Crippen molar-refractivity contribution in [3.63, 3.8) is 0 Å². The molecule has 0 unspecified atom stereocenters. The number of aliphatic carboxylic acids is 1. The van der Waals surface area contributed by atoms with Crippen LogP contribution in [-0.2, 0) is 14.3 Å². The number of amides is 2. The normalized spacial score (nSPS) is 14.1. The first-order valence-corrected chi connectivity index (χ1v) is 13.3. The Hall–Kier alpha value is -4.13. The van der Waals surface area contributed by atoms with Crippen LogP contribution in [0.3, 0.4) is 0 Å². The van der Waals surface area contributed by atoms with Crippen molar-refractivity contribution in [3.05, 3.63) is 95.6 Å². The van der Waals surface area contributed by atoms with Gasteiger partial charge in [0.25, 0.3) is 0 Å². The molecule has 0 aliphatic heterocycles. The van der Waals surface area contributed by atoms with Gasteiger partial charge in [0.1, 0.15) is 12.6 Å². The van der Waals surface area contributed by atoms with E-state index in [-0.39, 0.29) is 37.4 Å². The van der Waals surface area contributed by atoms with Gasteiger partial charge in [-0.3, -0.25) is 9.59 Å². The zero-order chi connectivity index (χ0) is 28.2. The van der Waals surface area contributed by atoms with Gasteiger partial charge in [-0.2, -0.15) is 0 Å². The number of carbonyl (C=O) groups is 3. The van der Waals surface area contributed by atoms with E-state index >= 15 is 0 Å². The van der Waals surface area contributed by atoms with Crippen molar-refractivity contribution in [1.29, 1.82) is 0 Å². The zero-order valence-corrected chi connectivity index (χ0v) is 22.9. The molecular weight excluding hydrogens is 492 g/mol. The van der Waals surface area contributed by atoms with Gasteiger partial charge in [0.2, 0.25) is 5.91 Å². The minimum absolute atomic E-state index is 0.0170. The number of carboxylic acids is 1. The van der Waals surface area contributed by atoms with Gasteiger partial charge in [0.15, 0.2) is 0 Å². The van der Waals surface area contributed by atoms with Crippen LogP contribution in [0.15, 0.2) is 78.9 Å². The molecule has 7 nitrogen and oxygen atoms in total. The minimum atomic E-state index is -0.995. The largest absolute Gasteiger partial charge is 0.481 e. The highest BCUT2D eigenvalue weighted by atomic mass is 16.5. The quantitative estimate of drug-likeness (QED) is 0.355. The summed E-state index contributed by atoms with van der Waals surface area (Å²) in [5.41, 5.74) is 4.70. The maximum atomic E-state index is 13.9. The van der Waals surface area contributed by atoms with Gasteiger partial charge in [-0.15, -0.1) is 0 Å². The summed E-state index contributed by atoms with van der Waals surface area (Å²) in [5.74, 6) is -1.45. The Morgan fingerprint density at radius 3 is 1.97 bits per heavy atom. The van der Waals surface area contributed by atoms with E-state index in [9.17, 15) is 19.5 Å². The van der Waals surface area contributed by atoms with Crippen LogP contribution in [0.5, 0.6) is 0 Å². The fraction of sp³-hybridized carbons (Fsp3) is 0.344. The van der Waals surface area contributed by atoms with Crippen LogP contribution in [0.25, 0.3) is 11.1 Å². The Morgan fingerprint density at radius 1 is 0.897 bits per heavy atom. The number of benzene rings is 3. The summed E-state index contributed by atoms with van der Waals surface area (Å²) in [6, 6.07) is 24.3. The SMILES string of the molecule is C[C@@H](c1ccccc1)N(CCC(=O)O)C(=O)[C@@H](NC(=O)OCC1c2ccccc2-c2ccccc21)C(C)(C)C. The van der Waals surface area contributed by atoms with Crippen LogP contribution < -0.4 is 5.32 Å². The highest BCUT2D eigenvalue weighted by molar-refractivity contribution is 5.87. The third-order valence-electron chi connectivity index (χ3n) is 7.32. The molecule has 2 amide bonds. The van der Waals surface area contributed by atoms with Gasteiger partial charge in [0.05, 0.1) is 12.5 Å². The highest BCUT2D eigenvalue weighted by Gasteiger charge is 2.38. The van der Waals surface area contributed by atoms with Crippen LogP contribution in [0.2, 0.25) is 0 Å². The Bertz CT molecular complexity index is 1290.